The molecule has 0 aliphatic carbocycles. The molecule has 1 rings (SSSR count). The normalized spacial score (nSPS) is 19.1. The highest BCUT2D eigenvalue weighted by molar-refractivity contribution is 6.73. The molecule has 0 spiro atoms. The molecular formula is C50H94O10Si. The molecular weight excluding hydrogens is 789 g/mol. The smallest absolute Gasteiger partial charge is 0.303 e. The van der Waals surface area contributed by atoms with Gasteiger partial charge >= 0.3 is 23.9 Å². The fourth-order valence-electron chi connectivity index (χ4n) is 8.89. The first-order valence-electron chi connectivity index (χ1n) is 25.5. The van der Waals surface area contributed by atoms with Crippen molar-refractivity contribution in [1.82, 2.24) is 0 Å². The van der Waals surface area contributed by atoms with E-state index in [2.05, 4.69) is 20.8 Å². The van der Waals surface area contributed by atoms with E-state index in [1.807, 2.05) is 0 Å². The lowest BCUT2D eigenvalue weighted by Gasteiger charge is -2.47. The molecule has 1 saturated heterocycles. The van der Waals surface area contributed by atoms with E-state index in [0.717, 1.165) is 56.7 Å². The second-order valence-electron chi connectivity index (χ2n) is 18.2. The van der Waals surface area contributed by atoms with Crippen LogP contribution in [0.2, 0.25) is 18.1 Å². The zero-order valence-electron chi connectivity index (χ0n) is 40.5. The SMILES string of the molecule is CCCCCCCCCCCC[Si](CCCCCCCCCCCC)(CCCCCCCCCCCC)O[C@@H]1O[C@H](COC(C)=O)[C@@H](OC(C)=O)[C@H](OC(C)=O)[C@H]1OC(C)=O. The Morgan fingerprint density at radius 3 is 1.00 bits per heavy atom. The van der Waals surface area contributed by atoms with Gasteiger partial charge in [0.2, 0.25) is 0 Å². The number of hydrogen-bond acceptors (Lipinski definition) is 10. The molecule has 0 unspecified atom stereocenters. The summed E-state index contributed by atoms with van der Waals surface area (Å²) in [7, 11) is -2.62. The molecule has 0 amide bonds. The molecule has 0 radical (unpaired) electrons. The van der Waals surface area contributed by atoms with Crippen LogP contribution in [0.4, 0.5) is 0 Å². The van der Waals surface area contributed by atoms with Gasteiger partial charge in [-0.15, -0.1) is 0 Å². The number of unbranched alkanes of at least 4 members (excludes halogenated alkanes) is 27. The molecule has 10 nitrogen and oxygen atoms in total. The minimum Gasteiger partial charge on any atom is -0.463 e. The number of carbonyl (C=O) groups is 4. The summed E-state index contributed by atoms with van der Waals surface area (Å²) in [5, 5.41) is 0. The van der Waals surface area contributed by atoms with Crippen molar-refractivity contribution in [3.63, 3.8) is 0 Å². The second-order valence-corrected chi connectivity index (χ2v) is 22.3. The van der Waals surface area contributed by atoms with Crippen LogP contribution < -0.4 is 0 Å². The van der Waals surface area contributed by atoms with Crippen LogP contribution in [0.15, 0.2) is 0 Å². The van der Waals surface area contributed by atoms with Crippen molar-refractivity contribution >= 4 is 32.2 Å². The van der Waals surface area contributed by atoms with Crippen LogP contribution in [0.5, 0.6) is 0 Å². The molecule has 0 N–H and O–H groups in total. The van der Waals surface area contributed by atoms with Crippen LogP contribution >= 0.6 is 0 Å². The number of carbonyl (C=O) groups excluding carboxylic acids is 4. The number of esters is 4. The topological polar surface area (TPSA) is 124 Å². The Bertz CT molecular complexity index is 1060. The van der Waals surface area contributed by atoms with Crippen LogP contribution in [0, 0.1) is 0 Å². The second kappa shape index (κ2) is 37.4. The van der Waals surface area contributed by atoms with E-state index < -0.39 is 62.9 Å². The Hall–Kier alpha value is -1.98. The molecule has 1 heterocycles. The van der Waals surface area contributed by atoms with E-state index in [-0.39, 0.29) is 6.61 Å². The third-order valence-electron chi connectivity index (χ3n) is 12.3. The van der Waals surface area contributed by atoms with Gasteiger partial charge in [0.25, 0.3) is 0 Å². The van der Waals surface area contributed by atoms with E-state index in [9.17, 15) is 19.2 Å². The van der Waals surface area contributed by atoms with E-state index >= 15 is 0 Å². The lowest BCUT2D eigenvalue weighted by molar-refractivity contribution is -0.291. The molecule has 1 aliphatic heterocycles. The Balaban J connectivity index is 3.41. The maximum Gasteiger partial charge on any atom is 0.303 e. The van der Waals surface area contributed by atoms with Crippen LogP contribution in [0.25, 0.3) is 0 Å². The van der Waals surface area contributed by atoms with Gasteiger partial charge in [-0.1, -0.05) is 213 Å². The zero-order valence-corrected chi connectivity index (χ0v) is 41.5. The largest absolute Gasteiger partial charge is 0.463 e. The first kappa shape index (κ1) is 57.0. The standard InChI is InChI=1S/C50H94O10Si/c1-8-11-14-17-20-23-26-29-32-35-38-61(39-36-33-30-27-24-21-18-15-12-9-2,40-37-34-31-28-25-22-19-16-13-10-3)60-50-49(58-45(7)54)48(57-44(6)53)47(56-43(5)52)46(59-50)41-55-42(4)51/h46-50H,8-41H2,1-7H3/t46-,47-,48+,49-,50+/m1/s1. The number of hydrogen-bond donors (Lipinski definition) is 0. The molecule has 61 heavy (non-hydrogen) atoms. The maximum absolute atomic E-state index is 12.8. The van der Waals surface area contributed by atoms with Gasteiger partial charge in [-0.25, -0.2) is 0 Å². The van der Waals surface area contributed by atoms with Gasteiger partial charge in [0, 0.05) is 27.7 Å². The van der Waals surface area contributed by atoms with Crippen LogP contribution in [-0.2, 0) is 47.3 Å². The van der Waals surface area contributed by atoms with Gasteiger partial charge < -0.3 is 28.1 Å². The molecule has 11 heteroatoms. The quantitative estimate of drug-likeness (QED) is 0.0254. The average molecular weight is 883 g/mol. The summed E-state index contributed by atoms with van der Waals surface area (Å²) >= 11 is 0. The maximum atomic E-state index is 12.8. The van der Waals surface area contributed by atoms with Crippen molar-refractivity contribution in [3.05, 3.63) is 0 Å². The van der Waals surface area contributed by atoms with Crippen molar-refractivity contribution in [2.75, 3.05) is 6.61 Å². The fourth-order valence-corrected chi connectivity index (χ4v) is 13.4. The Labute approximate surface area is 374 Å². The van der Waals surface area contributed by atoms with Gasteiger partial charge in [0.1, 0.15) is 12.7 Å². The molecule has 0 aromatic carbocycles. The molecule has 0 bridgehead atoms. The van der Waals surface area contributed by atoms with Crippen molar-refractivity contribution in [1.29, 1.82) is 0 Å². The van der Waals surface area contributed by atoms with Crippen molar-refractivity contribution < 1.29 is 47.3 Å². The minimum absolute atomic E-state index is 0.248. The summed E-state index contributed by atoms with van der Waals surface area (Å²) in [5.41, 5.74) is 0. The van der Waals surface area contributed by atoms with E-state index in [1.165, 1.54) is 182 Å². The summed E-state index contributed by atoms with van der Waals surface area (Å²) in [4.78, 5) is 49.8. The minimum atomic E-state index is -2.62. The van der Waals surface area contributed by atoms with E-state index in [0.29, 0.717) is 0 Å². The lowest BCUT2D eigenvalue weighted by Crippen LogP contribution is -2.64. The van der Waals surface area contributed by atoms with Crippen LogP contribution in [0.1, 0.15) is 241 Å². The molecule has 1 fully saturated rings. The van der Waals surface area contributed by atoms with E-state index in [1.54, 1.807) is 0 Å². The third-order valence-corrected chi connectivity index (χ3v) is 16.8. The first-order chi connectivity index (χ1) is 29.5. The molecule has 0 aromatic rings. The predicted molar refractivity (Wildman–Crippen MR) is 249 cm³/mol. The van der Waals surface area contributed by atoms with Gasteiger partial charge in [-0.3, -0.25) is 19.2 Å². The highest BCUT2D eigenvalue weighted by Crippen LogP contribution is 2.37. The summed E-state index contributed by atoms with van der Waals surface area (Å²) < 4.78 is 36.9. The molecule has 5 atom stereocenters. The van der Waals surface area contributed by atoms with Crippen LogP contribution in [0.3, 0.4) is 0 Å². The highest BCUT2D eigenvalue weighted by atomic mass is 28.4. The monoisotopic (exact) mass is 883 g/mol. The Morgan fingerprint density at radius 2 is 0.689 bits per heavy atom. The third kappa shape index (κ3) is 29.2. The summed E-state index contributed by atoms with van der Waals surface area (Å²) in [6.45, 7) is 11.6. The lowest BCUT2D eigenvalue weighted by atomic mass is 9.98. The zero-order chi connectivity index (χ0) is 45.0. The number of ether oxygens (including phenoxy) is 5. The fraction of sp³-hybridized carbons (Fsp3) is 0.920. The van der Waals surface area contributed by atoms with Gasteiger partial charge in [0.15, 0.2) is 32.9 Å². The summed E-state index contributed by atoms with van der Waals surface area (Å²) in [6, 6.07) is 2.89. The van der Waals surface area contributed by atoms with Gasteiger partial charge in [-0.05, 0) is 18.1 Å². The van der Waals surface area contributed by atoms with E-state index in [4.69, 9.17) is 28.1 Å². The molecule has 358 valence electrons. The molecule has 0 saturated carbocycles. The number of rotatable bonds is 40. The summed E-state index contributed by atoms with van der Waals surface area (Å²) in [6.07, 6.45) is 31.8. The van der Waals surface area contributed by atoms with Crippen molar-refractivity contribution in [2.24, 2.45) is 0 Å². The predicted octanol–water partition coefficient (Wildman–Crippen LogP) is 13.8. The summed E-state index contributed by atoms with van der Waals surface area (Å²) in [5.74, 6) is -2.38. The first-order valence-corrected chi connectivity index (χ1v) is 28.0. The van der Waals surface area contributed by atoms with Gasteiger partial charge in [-0.2, -0.15) is 0 Å². The molecule has 1 aliphatic rings. The van der Waals surface area contributed by atoms with Crippen molar-refractivity contribution in [2.45, 2.75) is 290 Å². The van der Waals surface area contributed by atoms with Crippen molar-refractivity contribution in [3.8, 4) is 0 Å². The van der Waals surface area contributed by atoms with Gasteiger partial charge in [0.05, 0.1) is 0 Å². The highest BCUT2D eigenvalue weighted by Gasteiger charge is 2.54. The Kier molecular flexibility index (Phi) is 35.0. The Morgan fingerprint density at radius 1 is 0.393 bits per heavy atom. The average Bonchev–Trinajstić information content (AvgIpc) is 3.21. The molecule has 0 aromatic heterocycles. The van der Waals surface area contributed by atoms with Crippen LogP contribution in [-0.4, -0.2) is 69.5 Å².